The lowest BCUT2D eigenvalue weighted by atomic mass is 9.75. The molecule has 7 nitrogen and oxygen atoms in total. The summed E-state index contributed by atoms with van der Waals surface area (Å²) in [5, 5.41) is 24.4. The molecule has 1 saturated heterocycles. The zero-order valence-corrected chi connectivity index (χ0v) is 14.2. The number of aliphatic hydroxyl groups excluding tert-OH is 1. The smallest absolute Gasteiger partial charge is 0.219 e. The molecule has 0 aromatic carbocycles. The minimum atomic E-state index is -0.0874. The van der Waals surface area contributed by atoms with Gasteiger partial charge in [0.1, 0.15) is 0 Å². The van der Waals surface area contributed by atoms with Gasteiger partial charge in [0.25, 0.3) is 0 Å². The van der Waals surface area contributed by atoms with Crippen molar-refractivity contribution in [2.24, 2.45) is 17.8 Å². The van der Waals surface area contributed by atoms with E-state index < -0.39 is 0 Å². The molecule has 2 heterocycles. The second kappa shape index (κ2) is 7.57. The zero-order chi connectivity index (χ0) is 17.0. The van der Waals surface area contributed by atoms with Gasteiger partial charge in [0.15, 0.2) is 5.82 Å². The Balaban J connectivity index is 2.10. The molecule has 1 fully saturated rings. The molecule has 0 bridgehead atoms. The standard InChI is InChI=1S/C16H27N5O2/c1-10(2)15(11(3)22)14(16-17-19-20-18-16)9-13-5-7-21(8-6-13)12(4)23/h10,13-15,22H,3,5-9H2,1-2,4H3,(H,17,18,19,20)/t14-,15+/m0/s1. The Morgan fingerprint density at radius 3 is 2.52 bits per heavy atom. The first-order valence-electron chi connectivity index (χ1n) is 8.27. The maximum absolute atomic E-state index is 11.5. The fourth-order valence-electron chi connectivity index (χ4n) is 3.68. The number of carbonyl (C=O) groups excluding carboxylic acids is 1. The van der Waals surface area contributed by atoms with Crippen LogP contribution in [0.3, 0.4) is 0 Å². The van der Waals surface area contributed by atoms with Crippen molar-refractivity contribution in [2.75, 3.05) is 13.1 Å². The third kappa shape index (κ3) is 4.30. The quantitative estimate of drug-likeness (QED) is 0.784. The zero-order valence-electron chi connectivity index (χ0n) is 14.2. The normalized spacial score (nSPS) is 18.9. The fraction of sp³-hybridized carbons (Fsp3) is 0.750. The van der Waals surface area contributed by atoms with Crippen molar-refractivity contribution in [3.63, 3.8) is 0 Å². The highest BCUT2D eigenvalue weighted by Gasteiger charge is 2.34. The molecule has 0 saturated carbocycles. The number of amides is 1. The Morgan fingerprint density at radius 1 is 1.43 bits per heavy atom. The van der Waals surface area contributed by atoms with Crippen molar-refractivity contribution in [3.05, 3.63) is 18.2 Å². The molecule has 128 valence electrons. The average molecular weight is 321 g/mol. The van der Waals surface area contributed by atoms with Crippen LogP contribution in [0.2, 0.25) is 0 Å². The topological polar surface area (TPSA) is 95.0 Å². The summed E-state index contributed by atoms with van der Waals surface area (Å²) in [6.45, 7) is 11.1. The summed E-state index contributed by atoms with van der Waals surface area (Å²) < 4.78 is 0. The van der Waals surface area contributed by atoms with Crippen LogP contribution in [0.5, 0.6) is 0 Å². The van der Waals surface area contributed by atoms with Gasteiger partial charge in [0, 0.05) is 31.8 Å². The molecule has 0 unspecified atom stereocenters. The molecule has 7 heteroatoms. The number of rotatable bonds is 6. The van der Waals surface area contributed by atoms with E-state index in [0.717, 1.165) is 32.4 Å². The molecule has 1 aliphatic rings. The van der Waals surface area contributed by atoms with Crippen molar-refractivity contribution in [2.45, 2.75) is 46.0 Å². The Labute approximate surface area is 137 Å². The first-order chi connectivity index (χ1) is 10.9. The van der Waals surface area contributed by atoms with Crippen molar-refractivity contribution < 1.29 is 9.90 Å². The number of carbonyl (C=O) groups is 1. The monoisotopic (exact) mass is 321 g/mol. The number of hydrogen-bond donors (Lipinski definition) is 2. The van der Waals surface area contributed by atoms with E-state index in [1.54, 1.807) is 6.92 Å². The van der Waals surface area contributed by atoms with E-state index in [-0.39, 0.29) is 29.4 Å². The van der Waals surface area contributed by atoms with E-state index >= 15 is 0 Å². The maximum atomic E-state index is 11.5. The summed E-state index contributed by atoms with van der Waals surface area (Å²) in [5.74, 6) is 1.67. The summed E-state index contributed by atoms with van der Waals surface area (Å²) in [4.78, 5) is 13.3. The molecular formula is C16H27N5O2. The highest BCUT2D eigenvalue weighted by molar-refractivity contribution is 5.73. The predicted molar refractivity (Wildman–Crippen MR) is 86.6 cm³/mol. The van der Waals surface area contributed by atoms with Gasteiger partial charge >= 0.3 is 0 Å². The van der Waals surface area contributed by atoms with Crippen molar-refractivity contribution in [1.82, 2.24) is 25.5 Å². The van der Waals surface area contributed by atoms with Crippen LogP contribution in [0.15, 0.2) is 12.3 Å². The molecule has 2 N–H and O–H groups in total. The minimum Gasteiger partial charge on any atom is -0.513 e. The van der Waals surface area contributed by atoms with Gasteiger partial charge in [-0.15, -0.1) is 5.10 Å². The molecule has 1 amide bonds. The van der Waals surface area contributed by atoms with Crippen molar-refractivity contribution in [1.29, 1.82) is 0 Å². The molecular weight excluding hydrogens is 294 g/mol. The lowest BCUT2D eigenvalue weighted by Crippen LogP contribution is -2.37. The number of H-pyrrole nitrogens is 1. The second-order valence-corrected chi connectivity index (χ2v) is 6.84. The number of hydrogen-bond acceptors (Lipinski definition) is 5. The van der Waals surface area contributed by atoms with E-state index in [1.165, 1.54) is 0 Å². The lowest BCUT2D eigenvalue weighted by molar-refractivity contribution is -0.130. The van der Waals surface area contributed by atoms with Crippen molar-refractivity contribution in [3.8, 4) is 0 Å². The number of nitrogens with zero attached hydrogens (tertiary/aromatic N) is 4. The van der Waals surface area contributed by atoms with E-state index in [1.807, 2.05) is 4.90 Å². The summed E-state index contributed by atoms with van der Waals surface area (Å²) in [6.07, 6.45) is 2.83. The van der Waals surface area contributed by atoms with Gasteiger partial charge in [-0.2, -0.15) is 0 Å². The molecule has 1 aliphatic heterocycles. The van der Waals surface area contributed by atoms with Gasteiger partial charge in [0.2, 0.25) is 5.91 Å². The summed E-state index contributed by atoms with van der Waals surface area (Å²) >= 11 is 0. The summed E-state index contributed by atoms with van der Waals surface area (Å²) in [5.41, 5.74) is 0. The number of likely N-dealkylation sites (tertiary alicyclic amines) is 1. The molecule has 0 aliphatic carbocycles. The molecule has 1 aromatic rings. The SMILES string of the molecule is C=C(O)[C@@H](C(C)C)[C@H](CC1CCN(C(C)=O)CC1)c1nnn[nH]1. The average Bonchev–Trinajstić information content (AvgIpc) is 3.00. The largest absolute Gasteiger partial charge is 0.513 e. The number of nitrogens with one attached hydrogen (secondary N) is 1. The van der Waals surface area contributed by atoms with Crippen LogP contribution in [-0.2, 0) is 4.79 Å². The molecule has 0 radical (unpaired) electrons. The number of aromatic nitrogens is 4. The number of aliphatic hydroxyl groups is 1. The summed E-state index contributed by atoms with van der Waals surface area (Å²) in [7, 11) is 0. The predicted octanol–water partition coefficient (Wildman–Crippen LogP) is 2.28. The van der Waals surface area contributed by atoms with E-state index in [2.05, 4.69) is 41.1 Å². The first-order valence-corrected chi connectivity index (χ1v) is 8.27. The van der Waals surface area contributed by atoms with Crippen LogP contribution in [-0.4, -0.2) is 49.6 Å². The maximum Gasteiger partial charge on any atom is 0.219 e. The van der Waals surface area contributed by atoms with Crippen LogP contribution in [0.25, 0.3) is 0 Å². The van der Waals surface area contributed by atoms with E-state index in [0.29, 0.717) is 11.7 Å². The number of piperidine rings is 1. The fourth-order valence-corrected chi connectivity index (χ4v) is 3.68. The third-order valence-corrected chi connectivity index (χ3v) is 4.90. The Bertz CT molecular complexity index is 521. The molecule has 1 aromatic heterocycles. The third-order valence-electron chi connectivity index (χ3n) is 4.90. The van der Waals surface area contributed by atoms with Gasteiger partial charge < -0.3 is 10.0 Å². The molecule has 23 heavy (non-hydrogen) atoms. The molecule has 0 spiro atoms. The first kappa shape index (κ1) is 17.4. The van der Waals surface area contributed by atoms with Gasteiger partial charge in [0.05, 0.1) is 5.76 Å². The van der Waals surface area contributed by atoms with Crippen LogP contribution < -0.4 is 0 Å². The Hall–Kier alpha value is -1.92. The highest BCUT2D eigenvalue weighted by Crippen LogP contribution is 2.39. The lowest BCUT2D eigenvalue weighted by Gasteiger charge is -2.35. The number of aromatic amines is 1. The van der Waals surface area contributed by atoms with E-state index in [9.17, 15) is 9.90 Å². The van der Waals surface area contributed by atoms with Crippen LogP contribution >= 0.6 is 0 Å². The molecule has 2 rings (SSSR count). The Kier molecular flexibility index (Phi) is 5.74. The van der Waals surface area contributed by atoms with Crippen molar-refractivity contribution >= 4 is 5.91 Å². The van der Waals surface area contributed by atoms with E-state index in [4.69, 9.17) is 0 Å². The highest BCUT2D eigenvalue weighted by atomic mass is 16.3. The number of allylic oxidation sites excluding steroid dienone is 1. The van der Waals surface area contributed by atoms with Gasteiger partial charge in [-0.1, -0.05) is 20.4 Å². The number of tetrazole rings is 1. The van der Waals surface area contributed by atoms with Crippen LogP contribution in [0.1, 0.15) is 51.8 Å². The Morgan fingerprint density at radius 2 is 2.09 bits per heavy atom. The van der Waals surface area contributed by atoms with Gasteiger partial charge in [-0.25, -0.2) is 5.10 Å². The van der Waals surface area contributed by atoms with Crippen LogP contribution in [0.4, 0.5) is 0 Å². The van der Waals surface area contributed by atoms with Gasteiger partial charge in [-0.05, 0) is 41.5 Å². The second-order valence-electron chi connectivity index (χ2n) is 6.84. The van der Waals surface area contributed by atoms with Gasteiger partial charge in [-0.3, -0.25) is 4.79 Å². The molecule has 2 atom stereocenters. The van der Waals surface area contributed by atoms with Crippen LogP contribution in [0, 0.1) is 17.8 Å². The summed E-state index contributed by atoms with van der Waals surface area (Å²) in [6, 6.07) is 0. The minimum absolute atomic E-state index is 0.0105.